The Labute approximate surface area is 162 Å². The lowest BCUT2D eigenvalue weighted by atomic mass is 10.1. The smallest absolute Gasteiger partial charge is 0.410 e. The molecular formula is C22H19N3O3. The predicted molar refractivity (Wildman–Crippen MR) is 106 cm³/mol. The van der Waals surface area contributed by atoms with Crippen LogP contribution in [0.1, 0.15) is 0 Å². The quantitative estimate of drug-likeness (QED) is 0.520. The number of hydrogen-bond donors (Lipinski definition) is 0. The maximum absolute atomic E-state index is 11.8. The number of carbonyl (C=O) groups is 1. The summed E-state index contributed by atoms with van der Waals surface area (Å²) in [5, 5.41) is 1.05. The van der Waals surface area contributed by atoms with Gasteiger partial charge < -0.3 is 18.6 Å². The Morgan fingerprint density at radius 2 is 1.82 bits per heavy atom. The highest BCUT2D eigenvalue weighted by Crippen LogP contribution is 2.34. The van der Waals surface area contributed by atoms with E-state index in [1.165, 1.54) is 0 Å². The van der Waals surface area contributed by atoms with Crippen LogP contribution in [0.3, 0.4) is 0 Å². The Hall–Kier alpha value is -3.54. The highest BCUT2D eigenvalue weighted by Gasteiger charge is 2.23. The lowest BCUT2D eigenvalue weighted by Gasteiger charge is -2.14. The van der Waals surface area contributed by atoms with Crippen LogP contribution < -0.4 is 0 Å². The number of rotatable bonds is 5. The van der Waals surface area contributed by atoms with E-state index in [4.69, 9.17) is 9.15 Å². The van der Waals surface area contributed by atoms with E-state index >= 15 is 0 Å². The molecule has 6 nitrogen and oxygen atoms in total. The van der Waals surface area contributed by atoms with Crippen molar-refractivity contribution in [1.82, 2.24) is 14.5 Å². The minimum Gasteiger partial charge on any atom is -0.454 e. The van der Waals surface area contributed by atoms with Crippen molar-refractivity contribution < 1.29 is 13.9 Å². The van der Waals surface area contributed by atoms with Gasteiger partial charge in [0.05, 0.1) is 18.6 Å². The van der Waals surface area contributed by atoms with E-state index in [0.29, 0.717) is 26.2 Å². The summed E-state index contributed by atoms with van der Waals surface area (Å²) in [6.07, 6.45) is 1.56. The number of hydrogen-bond acceptors (Lipinski definition) is 4. The van der Waals surface area contributed by atoms with Crippen LogP contribution in [0.2, 0.25) is 0 Å². The third kappa shape index (κ3) is 2.93. The van der Waals surface area contributed by atoms with Crippen LogP contribution in [0.25, 0.3) is 33.7 Å². The molecule has 1 aliphatic heterocycles. The molecule has 0 N–H and O–H groups in total. The Kier molecular flexibility index (Phi) is 4.09. The molecule has 6 heteroatoms. The van der Waals surface area contributed by atoms with Crippen molar-refractivity contribution in [2.75, 3.05) is 19.7 Å². The van der Waals surface area contributed by atoms with Crippen molar-refractivity contribution in [2.45, 2.75) is 6.54 Å². The van der Waals surface area contributed by atoms with Gasteiger partial charge in [0, 0.05) is 24.0 Å². The molecule has 4 aromatic rings. The SMILES string of the molecule is O=C1OCCN1CCn1cnc(-c2ccccc2)c1-c1cc2ccccc2o1. The fourth-order valence-corrected chi connectivity index (χ4v) is 3.57. The van der Waals surface area contributed by atoms with E-state index in [1.54, 1.807) is 4.90 Å². The second-order valence-electron chi connectivity index (χ2n) is 6.75. The molecule has 3 heterocycles. The molecule has 0 aliphatic carbocycles. The summed E-state index contributed by atoms with van der Waals surface area (Å²) < 4.78 is 13.2. The van der Waals surface area contributed by atoms with Crippen molar-refractivity contribution in [2.24, 2.45) is 0 Å². The van der Waals surface area contributed by atoms with Crippen molar-refractivity contribution in [3.63, 3.8) is 0 Å². The van der Waals surface area contributed by atoms with Gasteiger partial charge in [0.1, 0.15) is 17.9 Å². The van der Waals surface area contributed by atoms with E-state index in [1.807, 2.05) is 71.6 Å². The van der Waals surface area contributed by atoms with Gasteiger partial charge in [0.2, 0.25) is 0 Å². The lowest BCUT2D eigenvalue weighted by molar-refractivity contribution is 0.157. The standard InChI is InChI=1S/C22H19N3O3/c26-22-24(12-13-27-22)10-11-25-15-23-20(16-6-2-1-3-7-16)21(25)19-14-17-8-4-5-9-18(17)28-19/h1-9,14-15H,10-13H2. The number of fused-ring (bicyclic) bond motifs is 1. The van der Waals surface area contributed by atoms with Gasteiger partial charge in [-0.1, -0.05) is 48.5 Å². The van der Waals surface area contributed by atoms with Gasteiger partial charge in [-0.05, 0) is 12.1 Å². The average molecular weight is 373 g/mol. The normalized spacial score (nSPS) is 14.0. The highest BCUT2D eigenvalue weighted by molar-refractivity contribution is 5.85. The number of benzene rings is 2. The number of carbonyl (C=O) groups excluding carboxylic acids is 1. The molecule has 0 radical (unpaired) electrons. The maximum Gasteiger partial charge on any atom is 0.410 e. The first-order valence-corrected chi connectivity index (χ1v) is 9.31. The number of cyclic esters (lactones) is 1. The van der Waals surface area contributed by atoms with Gasteiger partial charge in [-0.15, -0.1) is 0 Å². The zero-order valence-electron chi connectivity index (χ0n) is 15.2. The van der Waals surface area contributed by atoms with Crippen LogP contribution >= 0.6 is 0 Å². The van der Waals surface area contributed by atoms with Gasteiger partial charge in [0.25, 0.3) is 0 Å². The molecule has 0 atom stereocenters. The minimum atomic E-state index is -0.256. The molecule has 1 amide bonds. The summed E-state index contributed by atoms with van der Waals surface area (Å²) in [6.45, 7) is 2.26. The summed E-state index contributed by atoms with van der Waals surface area (Å²) in [5.41, 5.74) is 3.64. The van der Waals surface area contributed by atoms with E-state index in [9.17, 15) is 4.79 Å². The van der Waals surface area contributed by atoms with Gasteiger partial charge in [-0.3, -0.25) is 0 Å². The number of amides is 1. The van der Waals surface area contributed by atoms with Gasteiger partial charge >= 0.3 is 6.09 Å². The second kappa shape index (κ2) is 6.88. The summed E-state index contributed by atoms with van der Waals surface area (Å²) >= 11 is 0. The molecule has 2 aromatic carbocycles. The third-order valence-electron chi connectivity index (χ3n) is 5.00. The first-order valence-electron chi connectivity index (χ1n) is 9.31. The fourth-order valence-electron chi connectivity index (χ4n) is 3.57. The molecule has 0 saturated carbocycles. The molecule has 1 saturated heterocycles. The van der Waals surface area contributed by atoms with Crippen LogP contribution in [0, 0.1) is 0 Å². The Morgan fingerprint density at radius 1 is 1.00 bits per heavy atom. The molecule has 1 aliphatic rings. The average Bonchev–Trinajstić information content (AvgIpc) is 3.44. The maximum atomic E-state index is 11.8. The number of imidazole rings is 1. The molecule has 0 unspecified atom stereocenters. The molecule has 5 rings (SSSR count). The summed E-state index contributed by atoms with van der Waals surface area (Å²) in [4.78, 5) is 18.1. The number of ether oxygens (including phenoxy) is 1. The van der Waals surface area contributed by atoms with Crippen LogP contribution in [-0.2, 0) is 11.3 Å². The topological polar surface area (TPSA) is 60.5 Å². The van der Waals surface area contributed by atoms with Gasteiger partial charge in [-0.2, -0.15) is 0 Å². The monoisotopic (exact) mass is 373 g/mol. The summed E-state index contributed by atoms with van der Waals surface area (Å²) in [7, 11) is 0. The number of furan rings is 1. The fraction of sp³-hybridized carbons (Fsp3) is 0.182. The van der Waals surface area contributed by atoms with Crippen molar-refractivity contribution in [1.29, 1.82) is 0 Å². The molecule has 0 spiro atoms. The van der Waals surface area contributed by atoms with Gasteiger partial charge in [-0.25, -0.2) is 9.78 Å². The molecule has 140 valence electrons. The van der Waals surface area contributed by atoms with Crippen molar-refractivity contribution in [3.8, 4) is 22.7 Å². The zero-order valence-corrected chi connectivity index (χ0v) is 15.2. The number of nitrogens with zero attached hydrogens (tertiary/aromatic N) is 3. The van der Waals surface area contributed by atoms with E-state index < -0.39 is 0 Å². The molecule has 2 aromatic heterocycles. The van der Waals surface area contributed by atoms with Gasteiger partial charge in [0.15, 0.2) is 5.76 Å². The van der Waals surface area contributed by atoms with E-state index in [2.05, 4.69) is 4.98 Å². The van der Waals surface area contributed by atoms with Crippen LogP contribution in [0.5, 0.6) is 0 Å². The van der Waals surface area contributed by atoms with Crippen molar-refractivity contribution in [3.05, 3.63) is 67.0 Å². The first kappa shape index (κ1) is 16.6. The zero-order chi connectivity index (χ0) is 18.9. The largest absolute Gasteiger partial charge is 0.454 e. The highest BCUT2D eigenvalue weighted by atomic mass is 16.6. The van der Waals surface area contributed by atoms with Crippen LogP contribution in [0.15, 0.2) is 71.4 Å². The summed E-state index contributed by atoms with van der Waals surface area (Å²) in [6, 6.07) is 20.1. The molecule has 1 fully saturated rings. The molecule has 28 heavy (non-hydrogen) atoms. The first-order chi connectivity index (χ1) is 13.8. The molecular weight excluding hydrogens is 354 g/mol. The van der Waals surface area contributed by atoms with Crippen LogP contribution in [0.4, 0.5) is 4.79 Å². The lowest BCUT2D eigenvalue weighted by Crippen LogP contribution is -2.28. The Morgan fingerprint density at radius 3 is 2.61 bits per heavy atom. The minimum absolute atomic E-state index is 0.256. The Balaban J connectivity index is 1.57. The molecule has 0 bridgehead atoms. The third-order valence-corrected chi connectivity index (χ3v) is 5.00. The van der Waals surface area contributed by atoms with E-state index in [-0.39, 0.29) is 6.09 Å². The van der Waals surface area contributed by atoms with Crippen LogP contribution in [-0.4, -0.2) is 40.2 Å². The summed E-state index contributed by atoms with van der Waals surface area (Å²) in [5.74, 6) is 0.765. The second-order valence-corrected chi connectivity index (χ2v) is 6.75. The predicted octanol–water partition coefficient (Wildman–Crippen LogP) is 4.42. The number of para-hydroxylation sites is 1. The van der Waals surface area contributed by atoms with E-state index in [0.717, 1.165) is 33.7 Å². The number of aromatic nitrogens is 2. The van der Waals surface area contributed by atoms with Crippen molar-refractivity contribution >= 4 is 17.1 Å². The Bertz CT molecular complexity index is 1100.